The molecule has 1 aliphatic carbocycles. The Kier molecular flexibility index (Phi) is 3.74. The SMILES string of the molecule is CC(C1CCCCC1)n1c(=S)[nH]c2ccccc2c1=O. The number of aromatic amines is 1. The first kappa shape index (κ1) is 13.6. The molecule has 2 aromatic rings. The summed E-state index contributed by atoms with van der Waals surface area (Å²) < 4.78 is 2.33. The molecule has 1 N–H and O–H groups in total. The maximum absolute atomic E-state index is 12.7. The molecule has 1 fully saturated rings. The summed E-state index contributed by atoms with van der Waals surface area (Å²) in [6.07, 6.45) is 6.27. The lowest BCUT2D eigenvalue weighted by Crippen LogP contribution is -2.30. The maximum Gasteiger partial charge on any atom is 0.262 e. The first-order valence-corrected chi connectivity index (χ1v) is 7.83. The summed E-state index contributed by atoms with van der Waals surface area (Å²) in [6.45, 7) is 2.13. The molecule has 4 heteroatoms. The Bertz CT molecular complexity index is 725. The molecule has 1 atom stereocenters. The molecular weight excluding hydrogens is 268 g/mol. The first-order chi connectivity index (χ1) is 9.68. The summed E-state index contributed by atoms with van der Waals surface area (Å²) in [5, 5.41) is 0.726. The standard InChI is InChI=1S/C16H20N2OS/c1-11(12-7-3-2-4-8-12)18-15(19)13-9-5-6-10-14(13)17-16(18)20/h5-6,9-12H,2-4,7-8H2,1H3,(H,17,20). The van der Waals surface area contributed by atoms with E-state index < -0.39 is 0 Å². The van der Waals surface area contributed by atoms with E-state index in [-0.39, 0.29) is 11.6 Å². The lowest BCUT2D eigenvalue weighted by Gasteiger charge is -2.29. The van der Waals surface area contributed by atoms with Crippen molar-refractivity contribution in [3.63, 3.8) is 0 Å². The second-order valence-corrected chi connectivity index (χ2v) is 6.18. The van der Waals surface area contributed by atoms with Crippen LogP contribution in [0.3, 0.4) is 0 Å². The Balaban J connectivity index is 2.11. The van der Waals surface area contributed by atoms with Gasteiger partial charge in [-0.1, -0.05) is 31.4 Å². The molecule has 3 nitrogen and oxygen atoms in total. The van der Waals surface area contributed by atoms with Crippen LogP contribution in [0.5, 0.6) is 0 Å². The van der Waals surface area contributed by atoms with Crippen LogP contribution in [0.4, 0.5) is 0 Å². The van der Waals surface area contributed by atoms with E-state index >= 15 is 0 Å². The predicted octanol–water partition coefficient (Wildman–Crippen LogP) is 4.20. The van der Waals surface area contributed by atoms with E-state index in [9.17, 15) is 4.79 Å². The van der Waals surface area contributed by atoms with Crippen LogP contribution < -0.4 is 5.56 Å². The second-order valence-electron chi connectivity index (χ2n) is 5.79. The number of nitrogens with zero attached hydrogens (tertiary/aromatic N) is 1. The minimum absolute atomic E-state index is 0.0439. The zero-order chi connectivity index (χ0) is 14.1. The number of H-pyrrole nitrogens is 1. The van der Waals surface area contributed by atoms with Crippen molar-refractivity contribution in [2.75, 3.05) is 0 Å². The highest BCUT2D eigenvalue weighted by atomic mass is 32.1. The minimum atomic E-state index is 0.0439. The summed E-state index contributed by atoms with van der Waals surface area (Å²) in [5.41, 5.74) is 0.872. The summed E-state index contributed by atoms with van der Waals surface area (Å²) in [5.74, 6) is 0.567. The van der Waals surface area contributed by atoms with Crippen molar-refractivity contribution in [1.29, 1.82) is 0 Å². The number of para-hydroxylation sites is 1. The number of hydrogen-bond acceptors (Lipinski definition) is 2. The molecule has 1 aliphatic rings. The van der Waals surface area contributed by atoms with Crippen molar-refractivity contribution < 1.29 is 0 Å². The molecule has 3 rings (SSSR count). The Morgan fingerprint density at radius 1 is 1.25 bits per heavy atom. The Morgan fingerprint density at radius 3 is 2.70 bits per heavy atom. The average molecular weight is 288 g/mol. The Morgan fingerprint density at radius 2 is 1.95 bits per heavy atom. The molecule has 0 amide bonds. The fourth-order valence-corrected chi connectivity index (χ4v) is 3.73. The van der Waals surface area contributed by atoms with E-state index in [1.54, 1.807) is 4.57 Å². The lowest BCUT2D eigenvalue weighted by molar-refractivity contribution is 0.258. The lowest BCUT2D eigenvalue weighted by atomic mass is 9.84. The average Bonchev–Trinajstić information content (AvgIpc) is 2.48. The van der Waals surface area contributed by atoms with Crippen LogP contribution in [-0.4, -0.2) is 9.55 Å². The van der Waals surface area contributed by atoms with Gasteiger partial charge in [-0.2, -0.15) is 0 Å². The van der Waals surface area contributed by atoms with Crippen molar-refractivity contribution in [1.82, 2.24) is 9.55 Å². The van der Waals surface area contributed by atoms with Crippen LogP contribution in [-0.2, 0) is 0 Å². The van der Waals surface area contributed by atoms with Crippen LogP contribution in [0.2, 0.25) is 0 Å². The van der Waals surface area contributed by atoms with Gasteiger partial charge in [-0.15, -0.1) is 0 Å². The zero-order valence-corrected chi connectivity index (χ0v) is 12.6. The van der Waals surface area contributed by atoms with Gasteiger partial charge in [-0.3, -0.25) is 9.36 Å². The number of benzene rings is 1. The normalized spacial score (nSPS) is 18.2. The van der Waals surface area contributed by atoms with Crippen molar-refractivity contribution in [3.05, 3.63) is 39.4 Å². The molecule has 1 heterocycles. The number of nitrogens with one attached hydrogen (secondary N) is 1. The number of fused-ring (bicyclic) bond motifs is 1. The van der Waals surface area contributed by atoms with Crippen LogP contribution in [0.15, 0.2) is 29.1 Å². The first-order valence-electron chi connectivity index (χ1n) is 7.42. The van der Waals surface area contributed by atoms with E-state index in [1.807, 2.05) is 24.3 Å². The van der Waals surface area contributed by atoms with Gasteiger partial charge in [0.05, 0.1) is 10.9 Å². The summed E-state index contributed by atoms with van der Waals surface area (Å²) in [7, 11) is 0. The van der Waals surface area contributed by atoms with Gasteiger partial charge in [0.25, 0.3) is 5.56 Å². The van der Waals surface area contributed by atoms with Gasteiger partial charge in [-0.05, 0) is 50.0 Å². The van der Waals surface area contributed by atoms with Gasteiger partial charge in [0.1, 0.15) is 0 Å². The van der Waals surface area contributed by atoms with Crippen molar-refractivity contribution >= 4 is 23.1 Å². The van der Waals surface area contributed by atoms with Crippen LogP contribution in [0, 0.1) is 10.7 Å². The highest BCUT2D eigenvalue weighted by Crippen LogP contribution is 2.32. The molecule has 1 aromatic carbocycles. The van der Waals surface area contributed by atoms with Gasteiger partial charge in [0.15, 0.2) is 4.77 Å². The predicted molar refractivity (Wildman–Crippen MR) is 84.7 cm³/mol. The molecule has 1 unspecified atom stereocenters. The fraction of sp³-hybridized carbons (Fsp3) is 0.500. The van der Waals surface area contributed by atoms with Gasteiger partial charge in [-0.25, -0.2) is 0 Å². The summed E-state index contributed by atoms with van der Waals surface area (Å²) in [6, 6.07) is 7.77. The third-order valence-corrected chi connectivity index (χ3v) is 4.87. The fourth-order valence-electron chi connectivity index (χ4n) is 3.37. The molecule has 1 saturated carbocycles. The van der Waals surface area contributed by atoms with Crippen molar-refractivity contribution in [2.24, 2.45) is 5.92 Å². The van der Waals surface area contributed by atoms with E-state index in [0.29, 0.717) is 10.7 Å². The van der Waals surface area contributed by atoms with Crippen LogP contribution >= 0.6 is 12.2 Å². The zero-order valence-electron chi connectivity index (χ0n) is 11.8. The van der Waals surface area contributed by atoms with Gasteiger partial charge < -0.3 is 4.98 Å². The molecule has 106 valence electrons. The third kappa shape index (κ3) is 2.33. The molecule has 0 aliphatic heterocycles. The van der Waals surface area contributed by atoms with Gasteiger partial charge >= 0.3 is 0 Å². The molecule has 20 heavy (non-hydrogen) atoms. The second kappa shape index (κ2) is 5.52. The maximum atomic E-state index is 12.7. The Labute approximate surface area is 123 Å². The molecule has 0 radical (unpaired) electrons. The van der Waals surface area contributed by atoms with E-state index in [2.05, 4.69) is 11.9 Å². The van der Waals surface area contributed by atoms with Crippen LogP contribution in [0.1, 0.15) is 45.1 Å². The molecule has 0 saturated heterocycles. The molecular formula is C16H20N2OS. The van der Waals surface area contributed by atoms with Crippen molar-refractivity contribution in [2.45, 2.75) is 45.1 Å². The molecule has 0 spiro atoms. The smallest absolute Gasteiger partial charge is 0.262 e. The summed E-state index contributed by atoms with van der Waals surface area (Å²) in [4.78, 5) is 15.9. The number of aromatic nitrogens is 2. The van der Waals surface area contributed by atoms with Crippen molar-refractivity contribution in [3.8, 4) is 0 Å². The minimum Gasteiger partial charge on any atom is -0.332 e. The van der Waals surface area contributed by atoms with E-state index in [0.717, 1.165) is 10.9 Å². The monoisotopic (exact) mass is 288 g/mol. The van der Waals surface area contributed by atoms with E-state index in [1.165, 1.54) is 32.1 Å². The topological polar surface area (TPSA) is 37.8 Å². The van der Waals surface area contributed by atoms with Crippen LogP contribution in [0.25, 0.3) is 10.9 Å². The molecule has 0 bridgehead atoms. The quantitative estimate of drug-likeness (QED) is 0.841. The summed E-state index contributed by atoms with van der Waals surface area (Å²) >= 11 is 5.42. The Hall–Kier alpha value is -1.42. The number of rotatable bonds is 2. The molecule has 1 aromatic heterocycles. The largest absolute Gasteiger partial charge is 0.332 e. The van der Waals surface area contributed by atoms with Gasteiger partial charge in [0.2, 0.25) is 0 Å². The number of hydrogen-bond donors (Lipinski definition) is 1. The third-order valence-electron chi connectivity index (χ3n) is 4.58. The van der Waals surface area contributed by atoms with Gasteiger partial charge in [0, 0.05) is 6.04 Å². The van der Waals surface area contributed by atoms with E-state index in [4.69, 9.17) is 12.2 Å². The highest BCUT2D eigenvalue weighted by molar-refractivity contribution is 7.71. The highest BCUT2D eigenvalue weighted by Gasteiger charge is 2.23.